The van der Waals surface area contributed by atoms with E-state index in [-0.39, 0.29) is 18.4 Å². The van der Waals surface area contributed by atoms with Crippen molar-refractivity contribution in [1.82, 2.24) is 9.80 Å². The molecular formula is C16H21F3N2O4S. The van der Waals surface area contributed by atoms with Gasteiger partial charge in [0.05, 0.1) is 5.88 Å². The number of carbonyl (C=O) groups excluding carboxylic acids is 2. The molecule has 6 nitrogen and oxygen atoms in total. The molecule has 2 aliphatic heterocycles. The Bertz CT molecular complexity index is 609. The lowest BCUT2D eigenvalue weighted by Crippen LogP contribution is -2.52. The first kappa shape index (κ1) is 19.3. The van der Waals surface area contributed by atoms with E-state index in [4.69, 9.17) is 5.11 Å². The molecule has 3 rings (SSSR count). The number of aliphatic carboxylic acids is 1. The Labute approximate surface area is 153 Å². The zero-order chi connectivity index (χ0) is 19.1. The average molecular weight is 394 g/mol. The number of alkyl halides is 3. The molecule has 0 radical (unpaired) electrons. The first-order valence-corrected chi connectivity index (χ1v) is 9.80. The molecule has 0 aromatic rings. The van der Waals surface area contributed by atoms with E-state index in [0.717, 1.165) is 30.6 Å². The molecule has 1 N–H and O–H groups in total. The number of amides is 2. The van der Waals surface area contributed by atoms with E-state index in [0.29, 0.717) is 11.6 Å². The quantitative estimate of drug-likeness (QED) is 0.792. The lowest BCUT2D eigenvalue weighted by molar-refractivity contribution is -0.227. The lowest BCUT2D eigenvalue weighted by atomic mass is 9.86. The van der Waals surface area contributed by atoms with E-state index in [1.54, 1.807) is 0 Å². The highest BCUT2D eigenvalue weighted by molar-refractivity contribution is 7.99. The molecule has 2 amide bonds. The summed E-state index contributed by atoms with van der Waals surface area (Å²) in [5, 5.41) is 9.12. The zero-order valence-electron chi connectivity index (χ0n) is 14.1. The predicted octanol–water partition coefficient (Wildman–Crippen LogP) is 1.94. The number of carboxylic acid groups (broad SMARTS) is 1. The fraction of sp³-hybridized carbons (Fsp3) is 0.812. The third-order valence-electron chi connectivity index (χ3n) is 5.69. The summed E-state index contributed by atoms with van der Waals surface area (Å²) in [4.78, 5) is 39.1. The van der Waals surface area contributed by atoms with E-state index < -0.39 is 42.5 Å². The highest BCUT2D eigenvalue weighted by Crippen LogP contribution is 2.46. The van der Waals surface area contributed by atoms with Crippen molar-refractivity contribution in [3.05, 3.63) is 0 Å². The first-order valence-electron chi connectivity index (χ1n) is 8.64. The molecule has 2 saturated heterocycles. The standard InChI is InChI=1S/C16H21F3N2O4S/c17-16(18,19)15(14(24)25)5-6-20(8-15)13(23)11-7-26-9-21(11)12(22)10-3-1-2-4-10/h10-11H,1-9H2,(H,24,25). The van der Waals surface area contributed by atoms with Crippen molar-refractivity contribution < 1.29 is 32.7 Å². The summed E-state index contributed by atoms with van der Waals surface area (Å²) in [7, 11) is 0. The topological polar surface area (TPSA) is 77.9 Å². The molecule has 2 heterocycles. The summed E-state index contributed by atoms with van der Waals surface area (Å²) >= 11 is 1.40. The highest BCUT2D eigenvalue weighted by atomic mass is 32.2. The second-order valence-electron chi connectivity index (χ2n) is 7.20. The van der Waals surface area contributed by atoms with Gasteiger partial charge >= 0.3 is 12.1 Å². The third-order valence-corrected chi connectivity index (χ3v) is 6.70. The Morgan fingerprint density at radius 2 is 1.77 bits per heavy atom. The maximum atomic E-state index is 13.3. The summed E-state index contributed by atoms with van der Waals surface area (Å²) < 4.78 is 39.9. The number of likely N-dealkylation sites (tertiary alicyclic amines) is 1. The molecule has 2 atom stereocenters. The van der Waals surface area contributed by atoms with Gasteiger partial charge in [0, 0.05) is 24.8 Å². The number of carboxylic acids is 1. The number of hydrogen-bond donors (Lipinski definition) is 1. The van der Waals surface area contributed by atoms with Crippen LogP contribution in [0.1, 0.15) is 32.1 Å². The van der Waals surface area contributed by atoms with Gasteiger partial charge in [-0.3, -0.25) is 14.4 Å². The largest absolute Gasteiger partial charge is 0.481 e. The van der Waals surface area contributed by atoms with Crippen molar-refractivity contribution >= 4 is 29.5 Å². The second kappa shape index (κ2) is 6.94. The molecule has 2 unspecified atom stereocenters. The molecule has 0 bridgehead atoms. The molecule has 3 fully saturated rings. The Morgan fingerprint density at radius 1 is 1.12 bits per heavy atom. The second-order valence-corrected chi connectivity index (χ2v) is 8.20. The smallest absolute Gasteiger partial charge is 0.406 e. The van der Waals surface area contributed by atoms with E-state index in [1.165, 1.54) is 16.7 Å². The van der Waals surface area contributed by atoms with Crippen LogP contribution in [0, 0.1) is 11.3 Å². The number of carbonyl (C=O) groups is 3. The van der Waals surface area contributed by atoms with Gasteiger partial charge in [0.1, 0.15) is 6.04 Å². The Hall–Kier alpha value is -1.45. The number of rotatable bonds is 3. The number of halogens is 3. The number of nitrogens with zero attached hydrogens (tertiary/aromatic N) is 2. The van der Waals surface area contributed by atoms with Gasteiger partial charge in [0.2, 0.25) is 11.8 Å². The first-order chi connectivity index (χ1) is 12.2. The Kier molecular flexibility index (Phi) is 5.15. The van der Waals surface area contributed by atoms with Crippen LogP contribution in [-0.2, 0) is 14.4 Å². The van der Waals surface area contributed by atoms with E-state index >= 15 is 0 Å². The SMILES string of the molecule is O=C(C1CSCN1C(=O)C1CCCC1)N1CCC(C(=O)O)(C(F)(F)F)C1. The monoisotopic (exact) mass is 394 g/mol. The molecule has 3 aliphatic rings. The fourth-order valence-corrected chi connectivity index (χ4v) is 5.16. The van der Waals surface area contributed by atoms with Gasteiger partial charge in [0.25, 0.3) is 0 Å². The van der Waals surface area contributed by atoms with Crippen LogP contribution >= 0.6 is 11.8 Å². The van der Waals surface area contributed by atoms with Gasteiger partial charge in [-0.25, -0.2) is 0 Å². The van der Waals surface area contributed by atoms with Gasteiger partial charge in [0.15, 0.2) is 5.41 Å². The van der Waals surface area contributed by atoms with Crippen LogP contribution in [-0.4, -0.2) is 69.6 Å². The minimum atomic E-state index is -4.93. The van der Waals surface area contributed by atoms with Crippen LogP contribution in [0.4, 0.5) is 13.2 Å². The van der Waals surface area contributed by atoms with Crippen molar-refractivity contribution in [2.45, 2.75) is 44.3 Å². The minimum absolute atomic E-state index is 0.106. The Morgan fingerprint density at radius 3 is 2.31 bits per heavy atom. The summed E-state index contributed by atoms with van der Waals surface area (Å²) in [6.07, 6.45) is -2.10. The molecule has 1 saturated carbocycles. The third kappa shape index (κ3) is 3.16. The molecular weight excluding hydrogens is 373 g/mol. The van der Waals surface area contributed by atoms with Gasteiger partial charge < -0.3 is 14.9 Å². The van der Waals surface area contributed by atoms with Crippen LogP contribution in [0.2, 0.25) is 0 Å². The molecule has 26 heavy (non-hydrogen) atoms. The highest BCUT2D eigenvalue weighted by Gasteiger charge is 2.64. The van der Waals surface area contributed by atoms with Crippen molar-refractivity contribution in [2.75, 3.05) is 24.7 Å². The summed E-state index contributed by atoms with van der Waals surface area (Å²) in [5.41, 5.74) is -2.92. The van der Waals surface area contributed by atoms with Crippen LogP contribution in [0.25, 0.3) is 0 Å². The average Bonchev–Trinajstić information content (AvgIpc) is 3.32. The van der Waals surface area contributed by atoms with Crippen molar-refractivity contribution in [3.63, 3.8) is 0 Å². The van der Waals surface area contributed by atoms with Crippen molar-refractivity contribution in [3.8, 4) is 0 Å². The maximum absolute atomic E-state index is 13.3. The van der Waals surface area contributed by atoms with Gasteiger partial charge in [-0.1, -0.05) is 12.8 Å². The van der Waals surface area contributed by atoms with Crippen molar-refractivity contribution in [1.29, 1.82) is 0 Å². The van der Waals surface area contributed by atoms with Gasteiger partial charge in [-0.15, -0.1) is 11.8 Å². The van der Waals surface area contributed by atoms with E-state index in [2.05, 4.69) is 0 Å². The number of hydrogen-bond acceptors (Lipinski definition) is 4. The van der Waals surface area contributed by atoms with Gasteiger partial charge in [-0.2, -0.15) is 13.2 Å². The minimum Gasteiger partial charge on any atom is -0.481 e. The van der Waals surface area contributed by atoms with E-state index in [1.807, 2.05) is 0 Å². The van der Waals surface area contributed by atoms with Crippen LogP contribution in [0.15, 0.2) is 0 Å². The van der Waals surface area contributed by atoms with Crippen LogP contribution in [0.3, 0.4) is 0 Å². The molecule has 10 heteroatoms. The molecule has 146 valence electrons. The number of thioether (sulfide) groups is 1. The van der Waals surface area contributed by atoms with Crippen LogP contribution in [0.5, 0.6) is 0 Å². The summed E-state index contributed by atoms with van der Waals surface area (Å²) in [6.45, 7) is -1.16. The molecule has 1 aliphatic carbocycles. The zero-order valence-corrected chi connectivity index (χ0v) is 14.9. The summed E-state index contributed by atoms with van der Waals surface area (Å²) in [6, 6.07) is -0.800. The summed E-state index contributed by atoms with van der Waals surface area (Å²) in [5.74, 6) is -2.07. The van der Waals surface area contributed by atoms with Crippen molar-refractivity contribution in [2.24, 2.45) is 11.3 Å². The normalized spacial score (nSPS) is 30.2. The fourth-order valence-electron chi connectivity index (χ4n) is 4.01. The molecule has 0 spiro atoms. The predicted molar refractivity (Wildman–Crippen MR) is 87.2 cm³/mol. The van der Waals surface area contributed by atoms with E-state index in [9.17, 15) is 27.6 Å². The Balaban J connectivity index is 1.73. The molecule has 0 aromatic carbocycles. The molecule has 0 aromatic heterocycles. The van der Waals surface area contributed by atoms with Crippen LogP contribution < -0.4 is 0 Å². The maximum Gasteiger partial charge on any atom is 0.406 e. The lowest BCUT2D eigenvalue weighted by Gasteiger charge is -2.30. The van der Waals surface area contributed by atoms with Gasteiger partial charge in [-0.05, 0) is 19.3 Å².